The maximum atomic E-state index is 5.45. The van der Waals surface area contributed by atoms with Gasteiger partial charge in [0.2, 0.25) is 5.75 Å². The summed E-state index contributed by atoms with van der Waals surface area (Å²) in [6.45, 7) is 5.01. The maximum absolute atomic E-state index is 5.45. The van der Waals surface area contributed by atoms with Gasteiger partial charge in [-0.15, -0.1) is 0 Å². The molecule has 0 bridgehead atoms. The first-order valence-electron chi connectivity index (χ1n) is 9.04. The molecule has 0 aliphatic carbocycles. The minimum absolute atomic E-state index is 0.0940. The third kappa shape index (κ3) is 4.01. The first kappa shape index (κ1) is 19.0. The number of imidazole rings is 1. The highest BCUT2D eigenvalue weighted by atomic mass is 16.5. The summed E-state index contributed by atoms with van der Waals surface area (Å²) in [7, 11) is 4.86. The molecule has 1 atom stereocenters. The molecule has 2 N–H and O–H groups in total. The standard InChI is InChI=1S/C21H27N3O3/c1-13(2)19(21-23-15-8-6-7-9-16(15)24-21)22-12-14-10-17(25-3)20(27-5)18(11-14)26-4/h6-11,13,19,22H,12H2,1-5H3,(H,23,24). The number of para-hydroxylation sites is 2. The van der Waals surface area contributed by atoms with Crippen molar-refractivity contribution in [2.45, 2.75) is 26.4 Å². The molecule has 0 spiro atoms. The number of benzene rings is 2. The maximum Gasteiger partial charge on any atom is 0.203 e. The molecule has 0 saturated heterocycles. The van der Waals surface area contributed by atoms with Crippen molar-refractivity contribution in [2.24, 2.45) is 5.92 Å². The number of hydrogen-bond acceptors (Lipinski definition) is 5. The van der Waals surface area contributed by atoms with Crippen molar-refractivity contribution in [3.8, 4) is 17.2 Å². The van der Waals surface area contributed by atoms with Gasteiger partial charge in [0.25, 0.3) is 0 Å². The lowest BCUT2D eigenvalue weighted by Crippen LogP contribution is -2.26. The molecule has 1 aromatic heterocycles. The van der Waals surface area contributed by atoms with Crippen LogP contribution in [0.3, 0.4) is 0 Å². The molecular weight excluding hydrogens is 342 g/mol. The van der Waals surface area contributed by atoms with Gasteiger partial charge in [0.1, 0.15) is 5.82 Å². The van der Waals surface area contributed by atoms with Crippen LogP contribution in [0.25, 0.3) is 11.0 Å². The van der Waals surface area contributed by atoms with Gasteiger partial charge in [-0.2, -0.15) is 0 Å². The van der Waals surface area contributed by atoms with Crippen molar-refractivity contribution in [1.29, 1.82) is 0 Å². The van der Waals surface area contributed by atoms with Crippen LogP contribution in [0.15, 0.2) is 36.4 Å². The van der Waals surface area contributed by atoms with Crippen molar-refractivity contribution in [3.05, 3.63) is 47.8 Å². The van der Waals surface area contributed by atoms with Gasteiger partial charge in [0.15, 0.2) is 11.5 Å². The smallest absolute Gasteiger partial charge is 0.203 e. The van der Waals surface area contributed by atoms with Crippen molar-refractivity contribution < 1.29 is 14.2 Å². The molecule has 1 unspecified atom stereocenters. The summed E-state index contributed by atoms with van der Waals surface area (Å²) in [5.74, 6) is 3.21. The number of aromatic nitrogens is 2. The van der Waals surface area contributed by atoms with Crippen molar-refractivity contribution in [3.63, 3.8) is 0 Å². The zero-order valence-electron chi connectivity index (χ0n) is 16.5. The van der Waals surface area contributed by atoms with Gasteiger partial charge in [-0.05, 0) is 35.7 Å². The Morgan fingerprint density at radius 1 is 1.00 bits per heavy atom. The Balaban J connectivity index is 1.84. The minimum atomic E-state index is 0.0940. The molecule has 144 valence electrons. The van der Waals surface area contributed by atoms with Gasteiger partial charge >= 0.3 is 0 Å². The van der Waals surface area contributed by atoms with Crippen LogP contribution in [0.5, 0.6) is 17.2 Å². The van der Waals surface area contributed by atoms with Crippen LogP contribution in [0.1, 0.15) is 31.3 Å². The Kier molecular flexibility index (Phi) is 5.86. The van der Waals surface area contributed by atoms with E-state index in [1.54, 1.807) is 21.3 Å². The van der Waals surface area contributed by atoms with E-state index < -0.39 is 0 Å². The minimum Gasteiger partial charge on any atom is -0.493 e. The van der Waals surface area contributed by atoms with Crippen LogP contribution in [-0.2, 0) is 6.54 Å². The van der Waals surface area contributed by atoms with E-state index in [-0.39, 0.29) is 6.04 Å². The lowest BCUT2D eigenvalue weighted by atomic mass is 10.0. The second-order valence-electron chi connectivity index (χ2n) is 6.78. The number of nitrogens with one attached hydrogen (secondary N) is 2. The fourth-order valence-electron chi connectivity index (χ4n) is 3.23. The first-order chi connectivity index (χ1) is 13.1. The van der Waals surface area contributed by atoms with Gasteiger partial charge < -0.3 is 24.5 Å². The summed E-state index contributed by atoms with van der Waals surface area (Å²) < 4.78 is 16.3. The highest BCUT2D eigenvalue weighted by Crippen LogP contribution is 2.38. The number of aromatic amines is 1. The van der Waals surface area contributed by atoms with Crippen molar-refractivity contribution >= 4 is 11.0 Å². The molecule has 0 aliphatic rings. The zero-order valence-corrected chi connectivity index (χ0v) is 16.5. The topological polar surface area (TPSA) is 68.4 Å². The van der Waals surface area contributed by atoms with Gasteiger partial charge in [-0.3, -0.25) is 0 Å². The van der Waals surface area contributed by atoms with E-state index in [4.69, 9.17) is 19.2 Å². The fraction of sp³-hybridized carbons (Fsp3) is 0.381. The van der Waals surface area contributed by atoms with Crippen LogP contribution >= 0.6 is 0 Å². The van der Waals surface area contributed by atoms with E-state index in [0.29, 0.717) is 29.7 Å². The molecule has 6 heteroatoms. The quantitative estimate of drug-likeness (QED) is 0.626. The molecule has 3 aromatic rings. The molecule has 0 fully saturated rings. The Hall–Kier alpha value is -2.73. The fourth-order valence-corrected chi connectivity index (χ4v) is 3.23. The van der Waals surface area contributed by atoms with Crippen LogP contribution in [0.4, 0.5) is 0 Å². The normalized spacial score (nSPS) is 12.4. The molecule has 1 heterocycles. The van der Waals surface area contributed by atoms with Crippen LogP contribution < -0.4 is 19.5 Å². The molecule has 6 nitrogen and oxygen atoms in total. The lowest BCUT2D eigenvalue weighted by Gasteiger charge is -2.21. The second-order valence-corrected chi connectivity index (χ2v) is 6.78. The van der Waals surface area contributed by atoms with Crippen molar-refractivity contribution in [1.82, 2.24) is 15.3 Å². The average molecular weight is 369 g/mol. The molecule has 27 heavy (non-hydrogen) atoms. The first-order valence-corrected chi connectivity index (χ1v) is 9.04. The Bertz CT molecular complexity index is 847. The van der Waals surface area contributed by atoms with E-state index in [1.165, 1.54) is 0 Å². The van der Waals surface area contributed by atoms with E-state index >= 15 is 0 Å². The van der Waals surface area contributed by atoms with Gasteiger partial charge in [0.05, 0.1) is 38.4 Å². The summed E-state index contributed by atoms with van der Waals surface area (Å²) in [6.07, 6.45) is 0. The van der Waals surface area contributed by atoms with Crippen LogP contribution in [0.2, 0.25) is 0 Å². The highest BCUT2D eigenvalue weighted by molar-refractivity contribution is 5.74. The molecule has 0 aliphatic heterocycles. The van der Waals surface area contributed by atoms with E-state index in [0.717, 1.165) is 22.4 Å². The summed E-state index contributed by atoms with van der Waals surface area (Å²) in [6, 6.07) is 12.1. The van der Waals surface area contributed by atoms with Crippen molar-refractivity contribution in [2.75, 3.05) is 21.3 Å². The number of rotatable bonds is 8. The number of fused-ring (bicyclic) bond motifs is 1. The Labute approximate surface area is 159 Å². The number of nitrogens with zero attached hydrogens (tertiary/aromatic N) is 1. The summed E-state index contributed by atoms with van der Waals surface area (Å²) >= 11 is 0. The number of ether oxygens (including phenoxy) is 3. The van der Waals surface area contributed by atoms with Crippen LogP contribution in [-0.4, -0.2) is 31.3 Å². The summed E-state index contributed by atoms with van der Waals surface area (Å²) in [5, 5.41) is 3.61. The number of methoxy groups -OCH3 is 3. The van der Waals surface area contributed by atoms with E-state index in [1.807, 2.05) is 36.4 Å². The van der Waals surface area contributed by atoms with Gasteiger partial charge in [0, 0.05) is 6.54 Å². The zero-order chi connectivity index (χ0) is 19.4. The van der Waals surface area contributed by atoms with Gasteiger partial charge in [-0.25, -0.2) is 4.98 Å². The molecule has 0 amide bonds. The average Bonchev–Trinajstić information content (AvgIpc) is 3.10. The molecule has 3 rings (SSSR count). The monoisotopic (exact) mass is 369 g/mol. The third-order valence-corrected chi connectivity index (χ3v) is 4.62. The number of hydrogen-bond donors (Lipinski definition) is 2. The number of H-pyrrole nitrogens is 1. The Morgan fingerprint density at radius 3 is 2.22 bits per heavy atom. The van der Waals surface area contributed by atoms with Crippen LogP contribution in [0, 0.1) is 5.92 Å². The predicted octanol–water partition coefficient (Wildman–Crippen LogP) is 4.08. The highest BCUT2D eigenvalue weighted by Gasteiger charge is 2.20. The SMILES string of the molecule is COc1cc(CNC(c2nc3ccccc3[nH]2)C(C)C)cc(OC)c1OC. The molecular formula is C21H27N3O3. The van der Waals surface area contributed by atoms with E-state index in [2.05, 4.69) is 24.1 Å². The Morgan fingerprint density at radius 2 is 1.67 bits per heavy atom. The molecule has 0 radical (unpaired) electrons. The molecule has 0 saturated carbocycles. The summed E-state index contributed by atoms with van der Waals surface area (Å²) in [4.78, 5) is 8.19. The van der Waals surface area contributed by atoms with E-state index in [9.17, 15) is 0 Å². The molecule has 2 aromatic carbocycles. The lowest BCUT2D eigenvalue weighted by molar-refractivity contribution is 0.323. The third-order valence-electron chi connectivity index (χ3n) is 4.62. The predicted molar refractivity (Wildman–Crippen MR) is 107 cm³/mol. The van der Waals surface area contributed by atoms with Gasteiger partial charge in [-0.1, -0.05) is 26.0 Å². The largest absolute Gasteiger partial charge is 0.493 e. The summed E-state index contributed by atoms with van der Waals surface area (Å²) in [5.41, 5.74) is 3.08. The second kappa shape index (κ2) is 8.31.